The highest BCUT2D eigenvalue weighted by molar-refractivity contribution is 7.60. The number of hydrogen-bond donors (Lipinski definition) is 1. The quantitative estimate of drug-likeness (QED) is 0.655. The Bertz CT molecular complexity index is 431. The van der Waals surface area contributed by atoms with E-state index in [-0.39, 0.29) is 7.92 Å². The van der Waals surface area contributed by atoms with Crippen LogP contribution >= 0.6 is 7.92 Å². The summed E-state index contributed by atoms with van der Waals surface area (Å²) in [6.45, 7) is 21.1. The van der Waals surface area contributed by atoms with Crippen LogP contribution in [0.25, 0.3) is 0 Å². The van der Waals surface area contributed by atoms with Gasteiger partial charge >= 0.3 is 0 Å². The molecular formula is C19H34NP. The van der Waals surface area contributed by atoms with Crippen LogP contribution in [0.3, 0.4) is 0 Å². The van der Waals surface area contributed by atoms with E-state index in [9.17, 15) is 0 Å². The smallest absolute Gasteiger partial charge is 0.0401 e. The van der Waals surface area contributed by atoms with E-state index in [1.54, 1.807) is 0 Å². The molecule has 1 aromatic carbocycles. The summed E-state index contributed by atoms with van der Waals surface area (Å²) in [4.78, 5) is 0. The van der Waals surface area contributed by atoms with Gasteiger partial charge in [-0.3, -0.25) is 0 Å². The molecule has 1 aromatic rings. The van der Waals surface area contributed by atoms with E-state index in [1.807, 2.05) is 0 Å². The standard InChI is InChI=1S/C19H34NP/c1-14-11-10-12-15(2)17(14)20-16(3)13-21(18(4,5)6)19(7,8)9/h10-12,16,20H,13H2,1-9H3. The molecule has 0 saturated heterocycles. The number of aryl methyl sites for hydroxylation is 2. The van der Waals surface area contributed by atoms with Gasteiger partial charge in [0, 0.05) is 11.7 Å². The Kier molecular flexibility index (Phi) is 5.90. The summed E-state index contributed by atoms with van der Waals surface area (Å²) < 4.78 is 0. The van der Waals surface area contributed by atoms with Crippen molar-refractivity contribution in [3.05, 3.63) is 29.3 Å². The van der Waals surface area contributed by atoms with Crippen LogP contribution in [0.1, 0.15) is 59.6 Å². The molecule has 1 rings (SSSR count). The molecule has 0 aliphatic heterocycles. The van der Waals surface area contributed by atoms with Gasteiger partial charge in [0.2, 0.25) is 0 Å². The second-order valence-electron chi connectivity index (χ2n) is 8.26. The fraction of sp³-hybridized carbons (Fsp3) is 0.684. The number of rotatable bonds is 4. The van der Waals surface area contributed by atoms with Gasteiger partial charge in [0.15, 0.2) is 0 Å². The molecule has 0 radical (unpaired) electrons. The molecule has 0 aliphatic carbocycles. The molecule has 0 aliphatic rings. The monoisotopic (exact) mass is 307 g/mol. The second-order valence-corrected chi connectivity index (χ2v) is 12.2. The van der Waals surface area contributed by atoms with Crippen LogP contribution in [0.15, 0.2) is 18.2 Å². The molecule has 0 amide bonds. The van der Waals surface area contributed by atoms with Crippen molar-refractivity contribution in [2.75, 3.05) is 11.5 Å². The van der Waals surface area contributed by atoms with Crippen LogP contribution < -0.4 is 5.32 Å². The average molecular weight is 307 g/mol. The van der Waals surface area contributed by atoms with Crippen LogP contribution in [0, 0.1) is 13.8 Å². The molecule has 2 heteroatoms. The summed E-state index contributed by atoms with van der Waals surface area (Å²) in [6, 6.07) is 7.03. The Balaban J connectivity index is 2.87. The third-order valence-corrected chi connectivity index (χ3v) is 8.10. The van der Waals surface area contributed by atoms with E-state index in [0.717, 1.165) is 0 Å². The highest BCUT2D eigenvalue weighted by Gasteiger charge is 2.35. The van der Waals surface area contributed by atoms with Gasteiger partial charge in [-0.1, -0.05) is 67.7 Å². The molecule has 0 bridgehead atoms. The topological polar surface area (TPSA) is 12.0 Å². The van der Waals surface area contributed by atoms with Gasteiger partial charge in [-0.15, -0.1) is 0 Å². The number of benzene rings is 1. The van der Waals surface area contributed by atoms with Gasteiger partial charge in [-0.05, 0) is 48.4 Å². The second kappa shape index (κ2) is 6.69. The maximum absolute atomic E-state index is 3.77. The van der Waals surface area contributed by atoms with E-state index in [2.05, 4.69) is 85.8 Å². The Morgan fingerprint density at radius 2 is 1.38 bits per heavy atom. The van der Waals surface area contributed by atoms with Gasteiger partial charge in [0.25, 0.3) is 0 Å². The van der Waals surface area contributed by atoms with Gasteiger partial charge in [0.05, 0.1) is 0 Å². The SMILES string of the molecule is Cc1cccc(C)c1NC(C)CP(C(C)(C)C)C(C)(C)C. The lowest BCUT2D eigenvalue weighted by atomic mass is 10.1. The lowest BCUT2D eigenvalue weighted by molar-refractivity contribution is 0.694. The van der Waals surface area contributed by atoms with Crippen LogP contribution in [0.4, 0.5) is 5.69 Å². The predicted molar refractivity (Wildman–Crippen MR) is 100 cm³/mol. The minimum atomic E-state index is -0.0601. The lowest BCUT2D eigenvalue weighted by Crippen LogP contribution is -2.32. The normalized spacial score (nSPS) is 14.4. The van der Waals surface area contributed by atoms with Crippen molar-refractivity contribution in [1.82, 2.24) is 0 Å². The summed E-state index contributed by atoms with van der Waals surface area (Å²) >= 11 is 0. The number of para-hydroxylation sites is 1. The first-order valence-corrected chi connectivity index (χ1v) is 9.56. The minimum absolute atomic E-state index is 0.0601. The third-order valence-electron chi connectivity index (χ3n) is 3.95. The summed E-state index contributed by atoms with van der Waals surface area (Å²) in [5, 5.41) is 4.56. The van der Waals surface area contributed by atoms with Crippen molar-refractivity contribution in [2.45, 2.75) is 78.7 Å². The van der Waals surface area contributed by atoms with E-state index in [0.29, 0.717) is 16.4 Å². The molecule has 21 heavy (non-hydrogen) atoms. The lowest BCUT2D eigenvalue weighted by Gasteiger charge is -2.43. The van der Waals surface area contributed by atoms with E-state index in [4.69, 9.17) is 0 Å². The molecule has 1 N–H and O–H groups in total. The van der Waals surface area contributed by atoms with Gasteiger partial charge in [0.1, 0.15) is 0 Å². The Hall–Kier alpha value is -0.550. The van der Waals surface area contributed by atoms with Gasteiger partial charge in [-0.2, -0.15) is 0 Å². The zero-order valence-corrected chi connectivity index (χ0v) is 16.4. The molecule has 120 valence electrons. The van der Waals surface area contributed by atoms with E-state index < -0.39 is 0 Å². The number of anilines is 1. The van der Waals surface area contributed by atoms with Crippen molar-refractivity contribution in [1.29, 1.82) is 0 Å². The fourth-order valence-electron chi connectivity index (χ4n) is 3.16. The molecule has 0 fully saturated rings. The fourth-order valence-corrected chi connectivity index (χ4v) is 6.91. The maximum atomic E-state index is 3.77. The zero-order valence-electron chi connectivity index (χ0n) is 15.5. The van der Waals surface area contributed by atoms with Gasteiger partial charge < -0.3 is 5.32 Å². The summed E-state index contributed by atoms with van der Waals surface area (Å²) in [6.07, 6.45) is 1.26. The van der Waals surface area contributed by atoms with Crippen molar-refractivity contribution < 1.29 is 0 Å². The number of hydrogen-bond acceptors (Lipinski definition) is 1. The number of nitrogens with one attached hydrogen (secondary N) is 1. The molecule has 1 atom stereocenters. The molecule has 1 unspecified atom stereocenters. The molecule has 0 heterocycles. The minimum Gasteiger partial charge on any atom is -0.382 e. The Morgan fingerprint density at radius 1 is 0.952 bits per heavy atom. The van der Waals surface area contributed by atoms with Crippen molar-refractivity contribution in [3.8, 4) is 0 Å². The average Bonchev–Trinajstić information content (AvgIpc) is 2.28. The van der Waals surface area contributed by atoms with E-state index in [1.165, 1.54) is 23.0 Å². The Morgan fingerprint density at radius 3 is 1.76 bits per heavy atom. The van der Waals surface area contributed by atoms with Gasteiger partial charge in [-0.25, -0.2) is 0 Å². The highest BCUT2D eigenvalue weighted by atomic mass is 31.1. The molecule has 0 saturated carbocycles. The van der Waals surface area contributed by atoms with Crippen LogP contribution in [-0.4, -0.2) is 22.5 Å². The highest BCUT2D eigenvalue weighted by Crippen LogP contribution is 2.59. The zero-order chi connectivity index (χ0) is 16.4. The summed E-state index contributed by atoms with van der Waals surface area (Å²) in [7, 11) is -0.0601. The van der Waals surface area contributed by atoms with Crippen LogP contribution in [0.2, 0.25) is 0 Å². The first-order chi connectivity index (χ1) is 9.43. The predicted octanol–water partition coefficient (Wildman–Crippen LogP) is 6.18. The van der Waals surface area contributed by atoms with Crippen molar-refractivity contribution in [2.24, 2.45) is 0 Å². The molecule has 1 nitrogen and oxygen atoms in total. The molecule has 0 aromatic heterocycles. The third kappa shape index (κ3) is 5.29. The van der Waals surface area contributed by atoms with Crippen LogP contribution in [-0.2, 0) is 0 Å². The Labute approximate surface area is 133 Å². The molecule has 0 spiro atoms. The molecular weight excluding hydrogens is 273 g/mol. The summed E-state index contributed by atoms with van der Waals surface area (Å²) in [5.74, 6) is 0. The largest absolute Gasteiger partial charge is 0.382 e. The van der Waals surface area contributed by atoms with Crippen LogP contribution in [0.5, 0.6) is 0 Å². The first-order valence-electron chi connectivity index (χ1n) is 8.03. The maximum Gasteiger partial charge on any atom is 0.0401 e. The van der Waals surface area contributed by atoms with Crippen molar-refractivity contribution in [3.63, 3.8) is 0 Å². The first kappa shape index (κ1) is 18.5. The summed E-state index contributed by atoms with van der Waals surface area (Å²) in [5.41, 5.74) is 4.01. The van der Waals surface area contributed by atoms with E-state index >= 15 is 0 Å². The van der Waals surface area contributed by atoms with Crippen molar-refractivity contribution >= 4 is 13.6 Å².